The number of hydrogen-bond acceptors (Lipinski definition) is 3. The fourth-order valence-electron chi connectivity index (χ4n) is 1.56. The van der Waals surface area contributed by atoms with Crippen molar-refractivity contribution in [3.63, 3.8) is 0 Å². The van der Waals surface area contributed by atoms with E-state index in [1.807, 2.05) is 20.0 Å². The molecule has 0 spiro atoms. The predicted octanol–water partition coefficient (Wildman–Crippen LogP) is 1.86. The van der Waals surface area contributed by atoms with Crippen LogP contribution in [0.1, 0.15) is 31.1 Å². The van der Waals surface area contributed by atoms with Gasteiger partial charge in [0, 0.05) is 25.2 Å². The molecular weight excluding hydrogens is 214 g/mol. The highest BCUT2D eigenvalue weighted by Crippen LogP contribution is 2.24. The lowest BCUT2D eigenvalue weighted by atomic mass is 10.1. The van der Waals surface area contributed by atoms with Crippen LogP contribution in [0.25, 0.3) is 0 Å². The van der Waals surface area contributed by atoms with E-state index in [0.29, 0.717) is 23.8 Å². The topological polar surface area (TPSA) is 58.4 Å². The van der Waals surface area contributed by atoms with Crippen LogP contribution in [0, 0.1) is 0 Å². The molecular formula is C13H21N3O. The monoisotopic (exact) mass is 235 g/mol. The van der Waals surface area contributed by atoms with Crippen molar-refractivity contribution in [3.8, 4) is 0 Å². The van der Waals surface area contributed by atoms with Crippen LogP contribution in [0.3, 0.4) is 0 Å². The summed E-state index contributed by atoms with van der Waals surface area (Å²) in [4.78, 5) is 13.7. The van der Waals surface area contributed by atoms with Gasteiger partial charge in [0.15, 0.2) is 0 Å². The number of nitrogen functional groups attached to an aromatic ring is 1. The van der Waals surface area contributed by atoms with E-state index in [1.54, 1.807) is 12.1 Å². The van der Waals surface area contributed by atoms with Gasteiger partial charge in [0.05, 0.1) is 11.4 Å². The molecule has 0 saturated heterocycles. The van der Waals surface area contributed by atoms with Crippen molar-refractivity contribution >= 4 is 17.3 Å². The SMILES string of the molecule is CCNC(=O)c1ccc(N(C)C(C)C)c(N)c1. The van der Waals surface area contributed by atoms with Crippen LogP contribution < -0.4 is 16.0 Å². The Hall–Kier alpha value is -1.71. The predicted molar refractivity (Wildman–Crippen MR) is 72.4 cm³/mol. The van der Waals surface area contributed by atoms with Gasteiger partial charge in [0.25, 0.3) is 5.91 Å². The van der Waals surface area contributed by atoms with Gasteiger partial charge in [-0.25, -0.2) is 0 Å². The number of benzene rings is 1. The molecule has 1 amide bonds. The van der Waals surface area contributed by atoms with Crippen molar-refractivity contribution in [2.24, 2.45) is 0 Å². The molecule has 0 fully saturated rings. The van der Waals surface area contributed by atoms with E-state index in [2.05, 4.69) is 24.1 Å². The van der Waals surface area contributed by atoms with Crippen molar-refractivity contribution in [2.45, 2.75) is 26.8 Å². The fraction of sp³-hybridized carbons (Fsp3) is 0.462. The second kappa shape index (κ2) is 5.57. The smallest absolute Gasteiger partial charge is 0.251 e. The second-order valence-corrected chi connectivity index (χ2v) is 4.34. The van der Waals surface area contributed by atoms with Gasteiger partial charge in [-0.05, 0) is 39.0 Å². The third-order valence-electron chi connectivity index (χ3n) is 2.78. The standard InChI is InChI=1S/C13H21N3O/c1-5-15-13(17)10-6-7-12(11(14)8-10)16(4)9(2)3/h6-9H,5,14H2,1-4H3,(H,15,17). The van der Waals surface area contributed by atoms with Crippen molar-refractivity contribution < 1.29 is 4.79 Å². The largest absolute Gasteiger partial charge is 0.397 e. The Morgan fingerprint density at radius 2 is 2.12 bits per heavy atom. The normalized spacial score (nSPS) is 10.4. The zero-order valence-corrected chi connectivity index (χ0v) is 10.9. The van der Waals surface area contributed by atoms with E-state index in [0.717, 1.165) is 5.69 Å². The lowest BCUT2D eigenvalue weighted by Crippen LogP contribution is -2.27. The van der Waals surface area contributed by atoms with Gasteiger partial charge in [-0.2, -0.15) is 0 Å². The zero-order valence-electron chi connectivity index (χ0n) is 10.9. The van der Waals surface area contributed by atoms with Crippen LogP contribution in [0.15, 0.2) is 18.2 Å². The maximum atomic E-state index is 11.6. The molecule has 0 unspecified atom stereocenters. The summed E-state index contributed by atoms with van der Waals surface area (Å²) in [5.41, 5.74) is 8.16. The third kappa shape index (κ3) is 3.12. The summed E-state index contributed by atoms with van der Waals surface area (Å²) in [7, 11) is 1.99. The first-order chi connectivity index (χ1) is 7.97. The highest BCUT2D eigenvalue weighted by molar-refractivity contribution is 5.96. The lowest BCUT2D eigenvalue weighted by Gasteiger charge is -2.25. The number of nitrogens with two attached hydrogens (primary N) is 1. The van der Waals surface area contributed by atoms with Crippen LogP contribution in [0.2, 0.25) is 0 Å². The van der Waals surface area contributed by atoms with Crippen molar-refractivity contribution in [2.75, 3.05) is 24.2 Å². The Morgan fingerprint density at radius 1 is 1.47 bits per heavy atom. The van der Waals surface area contributed by atoms with Crippen molar-refractivity contribution in [1.82, 2.24) is 5.32 Å². The van der Waals surface area contributed by atoms with E-state index in [-0.39, 0.29) is 5.91 Å². The van der Waals surface area contributed by atoms with Gasteiger partial charge in [0.1, 0.15) is 0 Å². The Balaban J connectivity index is 2.97. The summed E-state index contributed by atoms with van der Waals surface area (Å²) in [5, 5.41) is 2.75. The van der Waals surface area contributed by atoms with Gasteiger partial charge in [-0.1, -0.05) is 0 Å². The van der Waals surface area contributed by atoms with Crippen LogP contribution in [-0.2, 0) is 0 Å². The van der Waals surface area contributed by atoms with Gasteiger partial charge >= 0.3 is 0 Å². The minimum atomic E-state index is -0.0852. The maximum absolute atomic E-state index is 11.6. The first kappa shape index (κ1) is 13.4. The minimum Gasteiger partial charge on any atom is -0.397 e. The fourth-order valence-corrected chi connectivity index (χ4v) is 1.56. The highest BCUT2D eigenvalue weighted by atomic mass is 16.1. The molecule has 0 heterocycles. The molecule has 0 aliphatic rings. The molecule has 0 radical (unpaired) electrons. The van der Waals surface area contributed by atoms with Crippen LogP contribution >= 0.6 is 0 Å². The molecule has 3 N–H and O–H groups in total. The summed E-state index contributed by atoms with van der Waals surface area (Å²) >= 11 is 0. The lowest BCUT2D eigenvalue weighted by molar-refractivity contribution is 0.0956. The average Bonchev–Trinajstić information content (AvgIpc) is 2.28. The van der Waals surface area contributed by atoms with Gasteiger partial charge in [-0.15, -0.1) is 0 Å². The first-order valence-corrected chi connectivity index (χ1v) is 5.88. The van der Waals surface area contributed by atoms with Gasteiger partial charge < -0.3 is 16.0 Å². The number of anilines is 2. The van der Waals surface area contributed by atoms with E-state index >= 15 is 0 Å². The summed E-state index contributed by atoms with van der Waals surface area (Å²) < 4.78 is 0. The number of carbonyl (C=O) groups is 1. The molecule has 0 atom stereocenters. The average molecular weight is 235 g/mol. The Labute approximate surface area is 103 Å². The number of nitrogens with zero attached hydrogens (tertiary/aromatic N) is 1. The molecule has 4 heteroatoms. The summed E-state index contributed by atoms with van der Waals surface area (Å²) in [6.07, 6.45) is 0. The molecule has 1 rings (SSSR count). The quantitative estimate of drug-likeness (QED) is 0.783. The molecule has 17 heavy (non-hydrogen) atoms. The van der Waals surface area contributed by atoms with Crippen molar-refractivity contribution in [3.05, 3.63) is 23.8 Å². The summed E-state index contributed by atoms with van der Waals surface area (Å²) in [5.74, 6) is -0.0852. The van der Waals surface area contributed by atoms with E-state index in [9.17, 15) is 4.79 Å². The van der Waals surface area contributed by atoms with Crippen molar-refractivity contribution in [1.29, 1.82) is 0 Å². The van der Waals surface area contributed by atoms with Crippen LogP contribution in [-0.4, -0.2) is 25.5 Å². The molecule has 0 bridgehead atoms. The molecule has 94 valence electrons. The maximum Gasteiger partial charge on any atom is 0.251 e. The molecule has 0 aliphatic carbocycles. The third-order valence-corrected chi connectivity index (χ3v) is 2.78. The molecule has 4 nitrogen and oxygen atoms in total. The summed E-state index contributed by atoms with van der Waals surface area (Å²) in [6, 6.07) is 5.78. The van der Waals surface area contributed by atoms with E-state index in [1.165, 1.54) is 0 Å². The van der Waals surface area contributed by atoms with Crippen LogP contribution in [0.5, 0.6) is 0 Å². The number of amides is 1. The zero-order chi connectivity index (χ0) is 13.0. The Morgan fingerprint density at radius 3 is 2.59 bits per heavy atom. The number of rotatable bonds is 4. The van der Waals surface area contributed by atoms with E-state index in [4.69, 9.17) is 5.73 Å². The molecule has 1 aromatic rings. The van der Waals surface area contributed by atoms with Gasteiger partial charge in [-0.3, -0.25) is 4.79 Å². The number of nitrogens with one attached hydrogen (secondary N) is 1. The minimum absolute atomic E-state index is 0.0852. The van der Waals surface area contributed by atoms with Crippen LogP contribution in [0.4, 0.5) is 11.4 Å². The number of hydrogen-bond donors (Lipinski definition) is 2. The Bertz CT molecular complexity index is 402. The number of carbonyl (C=O) groups excluding carboxylic acids is 1. The van der Waals surface area contributed by atoms with E-state index < -0.39 is 0 Å². The highest BCUT2D eigenvalue weighted by Gasteiger charge is 2.11. The first-order valence-electron chi connectivity index (χ1n) is 5.88. The second-order valence-electron chi connectivity index (χ2n) is 4.34. The molecule has 1 aromatic carbocycles. The van der Waals surface area contributed by atoms with Gasteiger partial charge in [0.2, 0.25) is 0 Å². The summed E-state index contributed by atoms with van der Waals surface area (Å²) in [6.45, 7) is 6.70. The molecule has 0 saturated carbocycles. The molecule has 0 aromatic heterocycles. The Kier molecular flexibility index (Phi) is 4.37. The molecule has 0 aliphatic heterocycles.